The lowest BCUT2D eigenvalue weighted by Gasteiger charge is -2.06. The van der Waals surface area contributed by atoms with Crippen molar-refractivity contribution >= 4 is 5.78 Å². The Morgan fingerprint density at radius 3 is 2.00 bits per heavy atom. The van der Waals surface area contributed by atoms with E-state index in [1.165, 1.54) is 0 Å². The smallest absolute Gasteiger partial charge is 0.162 e. The van der Waals surface area contributed by atoms with E-state index < -0.39 is 0 Å². The number of carbonyl (C=O) groups excluding carboxylic acids is 1. The molecule has 0 atom stereocenters. The second-order valence-electron chi connectivity index (χ2n) is 2.88. The second kappa shape index (κ2) is 4.65. The Kier molecular flexibility index (Phi) is 3.51. The van der Waals surface area contributed by atoms with Crippen LogP contribution in [0.1, 0.15) is 23.7 Å². The molecule has 0 amide bonds. The molecule has 3 heteroatoms. The number of Topliss-reactive ketones (excluding diaryl/α,β-unsaturated/α-hetero) is 1. The number of carbonyl (C=O) groups is 1. The summed E-state index contributed by atoms with van der Waals surface area (Å²) in [5.41, 5.74) is 0.628. The van der Waals surface area contributed by atoms with Gasteiger partial charge < -0.3 is 9.47 Å². The van der Waals surface area contributed by atoms with Crippen molar-refractivity contribution in [1.29, 1.82) is 0 Å². The molecule has 0 aromatic heterocycles. The molecule has 0 spiro atoms. The van der Waals surface area contributed by atoms with Crippen molar-refractivity contribution in [1.82, 2.24) is 0 Å². The van der Waals surface area contributed by atoms with Gasteiger partial charge in [-0.25, -0.2) is 0 Å². The Balaban J connectivity index is 3.10. The SMILES string of the molecule is CCC(=O)c1cc(OC)cc(OC)c1. The quantitative estimate of drug-likeness (QED) is 0.690. The van der Waals surface area contributed by atoms with Crippen LogP contribution in [0.15, 0.2) is 18.2 Å². The lowest BCUT2D eigenvalue weighted by atomic mass is 10.1. The van der Waals surface area contributed by atoms with E-state index in [2.05, 4.69) is 0 Å². The Bertz CT molecular complexity index is 309. The van der Waals surface area contributed by atoms with E-state index in [-0.39, 0.29) is 5.78 Å². The average Bonchev–Trinajstić information content (AvgIpc) is 2.27. The molecule has 0 radical (unpaired) electrons. The number of hydrogen-bond acceptors (Lipinski definition) is 3. The molecule has 0 unspecified atom stereocenters. The third kappa shape index (κ3) is 2.25. The van der Waals surface area contributed by atoms with Gasteiger partial charge in [-0.05, 0) is 12.1 Å². The summed E-state index contributed by atoms with van der Waals surface area (Å²) in [4.78, 5) is 11.4. The molecule has 0 aliphatic rings. The van der Waals surface area contributed by atoms with Crippen LogP contribution in [-0.4, -0.2) is 20.0 Å². The summed E-state index contributed by atoms with van der Waals surface area (Å²) >= 11 is 0. The Morgan fingerprint density at radius 1 is 1.14 bits per heavy atom. The van der Waals surface area contributed by atoms with E-state index in [0.717, 1.165) is 0 Å². The Hall–Kier alpha value is -1.51. The molecule has 1 aromatic carbocycles. The molecule has 1 aromatic rings. The van der Waals surface area contributed by atoms with Crippen LogP contribution in [0.5, 0.6) is 11.5 Å². The van der Waals surface area contributed by atoms with E-state index in [1.54, 1.807) is 32.4 Å². The van der Waals surface area contributed by atoms with Gasteiger partial charge >= 0.3 is 0 Å². The first-order valence-electron chi connectivity index (χ1n) is 4.47. The van der Waals surface area contributed by atoms with Crippen molar-refractivity contribution < 1.29 is 14.3 Å². The van der Waals surface area contributed by atoms with Crippen LogP contribution in [0.2, 0.25) is 0 Å². The Labute approximate surface area is 83.6 Å². The summed E-state index contributed by atoms with van der Waals surface area (Å²) in [6.45, 7) is 1.83. The summed E-state index contributed by atoms with van der Waals surface area (Å²) < 4.78 is 10.1. The van der Waals surface area contributed by atoms with Crippen LogP contribution in [-0.2, 0) is 0 Å². The number of ketones is 1. The minimum Gasteiger partial charge on any atom is -0.497 e. The highest BCUT2D eigenvalue weighted by atomic mass is 16.5. The van der Waals surface area contributed by atoms with Gasteiger partial charge in [0.1, 0.15) is 11.5 Å². The summed E-state index contributed by atoms with van der Waals surface area (Å²) in [6.07, 6.45) is 0.482. The Morgan fingerprint density at radius 2 is 1.64 bits per heavy atom. The number of ether oxygens (including phenoxy) is 2. The maximum absolute atomic E-state index is 11.4. The van der Waals surface area contributed by atoms with Gasteiger partial charge in [0.05, 0.1) is 14.2 Å². The third-order valence-electron chi connectivity index (χ3n) is 1.99. The van der Waals surface area contributed by atoms with Crippen molar-refractivity contribution in [2.45, 2.75) is 13.3 Å². The molecule has 0 bridgehead atoms. The van der Waals surface area contributed by atoms with Gasteiger partial charge in [-0.1, -0.05) is 6.92 Å². The van der Waals surface area contributed by atoms with E-state index in [1.807, 2.05) is 6.92 Å². The van der Waals surface area contributed by atoms with Gasteiger partial charge in [0, 0.05) is 18.1 Å². The normalized spacial score (nSPS) is 9.64. The zero-order valence-electron chi connectivity index (χ0n) is 8.66. The first-order chi connectivity index (χ1) is 6.71. The highest BCUT2D eigenvalue weighted by molar-refractivity contribution is 5.96. The average molecular weight is 194 g/mol. The molecule has 0 saturated heterocycles. The van der Waals surface area contributed by atoms with E-state index in [4.69, 9.17) is 9.47 Å². The van der Waals surface area contributed by atoms with Crippen molar-refractivity contribution in [3.8, 4) is 11.5 Å². The van der Waals surface area contributed by atoms with Gasteiger partial charge in [-0.3, -0.25) is 4.79 Å². The zero-order valence-corrected chi connectivity index (χ0v) is 8.66. The van der Waals surface area contributed by atoms with Gasteiger partial charge in [0.15, 0.2) is 5.78 Å². The van der Waals surface area contributed by atoms with Crippen molar-refractivity contribution in [2.24, 2.45) is 0 Å². The summed E-state index contributed by atoms with van der Waals surface area (Å²) in [5, 5.41) is 0. The lowest BCUT2D eigenvalue weighted by Crippen LogP contribution is -1.98. The molecule has 1 rings (SSSR count). The fraction of sp³-hybridized carbons (Fsp3) is 0.364. The van der Waals surface area contributed by atoms with Crippen LogP contribution < -0.4 is 9.47 Å². The number of hydrogen-bond donors (Lipinski definition) is 0. The predicted octanol–water partition coefficient (Wildman–Crippen LogP) is 2.30. The molecule has 0 saturated carbocycles. The third-order valence-corrected chi connectivity index (χ3v) is 1.99. The molecule has 0 N–H and O–H groups in total. The maximum atomic E-state index is 11.4. The van der Waals surface area contributed by atoms with Crippen LogP contribution in [0.3, 0.4) is 0 Å². The van der Waals surface area contributed by atoms with E-state index in [9.17, 15) is 4.79 Å². The van der Waals surface area contributed by atoms with E-state index in [0.29, 0.717) is 23.5 Å². The molecular formula is C11H14O3. The van der Waals surface area contributed by atoms with Crippen LogP contribution in [0.4, 0.5) is 0 Å². The van der Waals surface area contributed by atoms with Crippen LogP contribution in [0.25, 0.3) is 0 Å². The minimum absolute atomic E-state index is 0.0854. The topological polar surface area (TPSA) is 35.5 Å². The maximum Gasteiger partial charge on any atom is 0.162 e. The number of methoxy groups -OCH3 is 2. The van der Waals surface area contributed by atoms with Crippen LogP contribution in [0, 0.1) is 0 Å². The van der Waals surface area contributed by atoms with E-state index >= 15 is 0 Å². The lowest BCUT2D eigenvalue weighted by molar-refractivity contribution is 0.0987. The largest absolute Gasteiger partial charge is 0.497 e. The fourth-order valence-corrected chi connectivity index (χ4v) is 1.17. The minimum atomic E-state index is 0.0854. The van der Waals surface area contributed by atoms with Gasteiger partial charge in [0.25, 0.3) is 0 Å². The van der Waals surface area contributed by atoms with Gasteiger partial charge in [-0.15, -0.1) is 0 Å². The van der Waals surface area contributed by atoms with Crippen molar-refractivity contribution in [2.75, 3.05) is 14.2 Å². The fourth-order valence-electron chi connectivity index (χ4n) is 1.17. The highest BCUT2D eigenvalue weighted by Crippen LogP contribution is 2.23. The van der Waals surface area contributed by atoms with Crippen molar-refractivity contribution in [3.63, 3.8) is 0 Å². The first-order valence-corrected chi connectivity index (χ1v) is 4.47. The summed E-state index contributed by atoms with van der Waals surface area (Å²) in [6, 6.07) is 5.18. The summed E-state index contributed by atoms with van der Waals surface area (Å²) in [7, 11) is 3.13. The van der Waals surface area contributed by atoms with Gasteiger partial charge in [-0.2, -0.15) is 0 Å². The predicted molar refractivity (Wildman–Crippen MR) is 54.2 cm³/mol. The zero-order chi connectivity index (χ0) is 10.6. The number of rotatable bonds is 4. The first kappa shape index (κ1) is 10.6. The standard InChI is InChI=1S/C11H14O3/c1-4-11(12)8-5-9(13-2)7-10(6-8)14-3/h5-7H,4H2,1-3H3. The molecule has 0 aliphatic carbocycles. The molecule has 0 fully saturated rings. The highest BCUT2D eigenvalue weighted by Gasteiger charge is 2.07. The van der Waals surface area contributed by atoms with Crippen molar-refractivity contribution in [3.05, 3.63) is 23.8 Å². The molecule has 14 heavy (non-hydrogen) atoms. The molecule has 3 nitrogen and oxygen atoms in total. The van der Waals surface area contributed by atoms with Crippen LogP contribution >= 0.6 is 0 Å². The van der Waals surface area contributed by atoms with Gasteiger partial charge in [0.2, 0.25) is 0 Å². The molecule has 0 heterocycles. The molecule has 0 aliphatic heterocycles. The summed E-state index contributed by atoms with van der Waals surface area (Å²) in [5.74, 6) is 1.37. The number of benzene rings is 1. The second-order valence-corrected chi connectivity index (χ2v) is 2.88. The molecule has 76 valence electrons. The molecular weight excluding hydrogens is 180 g/mol. The monoisotopic (exact) mass is 194 g/mol.